The van der Waals surface area contributed by atoms with Gasteiger partial charge in [0.15, 0.2) is 5.17 Å². The minimum atomic E-state index is -0.0425. The topological polar surface area (TPSA) is 32.7 Å². The third-order valence-electron chi connectivity index (χ3n) is 6.10. The molecular weight excluding hydrogens is 412 g/mol. The Hall–Kier alpha value is -3.11. The number of aryl methyl sites for hydroxylation is 6. The maximum atomic E-state index is 13.5. The number of hydrogen-bond donors (Lipinski definition) is 0. The summed E-state index contributed by atoms with van der Waals surface area (Å²) in [6.07, 6.45) is 1.97. The summed E-state index contributed by atoms with van der Waals surface area (Å²) in [5.74, 6) is -0.0425. The quantitative estimate of drug-likeness (QED) is 0.399. The van der Waals surface area contributed by atoms with Crippen molar-refractivity contribution in [1.29, 1.82) is 0 Å². The van der Waals surface area contributed by atoms with Crippen LogP contribution in [0.4, 0.5) is 11.4 Å². The molecule has 32 heavy (non-hydrogen) atoms. The highest BCUT2D eigenvalue weighted by Gasteiger charge is 2.35. The second kappa shape index (κ2) is 8.79. The minimum absolute atomic E-state index is 0.0425. The Bertz CT molecular complexity index is 1290. The Kier molecular flexibility index (Phi) is 6.07. The van der Waals surface area contributed by atoms with Gasteiger partial charge in [0.25, 0.3) is 5.91 Å². The van der Waals surface area contributed by atoms with Gasteiger partial charge in [0.2, 0.25) is 0 Å². The highest BCUT2D eigenvalue weighted by Crippen LogP contribution is 2.38. The van der Waals surface area contributed by atoms with Crippen LogP contribution in [0.5, 0.6) is 0 Å². The molecule has 0 bridgehead atoms. The molecule has 3 nitrogen and oxygen atoms in total. The van der Waals surface area contributed by atoms with Crippen molar-refractivity contribution in [1.82, 2.24) is 0 Å². The van der Waals surface area contributed by atoms with Crippen molar-refractivity contribution in [3.05, 3.63) is 98.4 Å². The molecule has 0 radical (unpaired) electrons. The Labute approximate surface area is 194 Å². The molecule has 0 saturated carbocycles. The molecule has 4 heteroatoms. The summed E-state index contributed by atoms with van der Waals surface area (Å²) in [7, 11) is 0. The average molecular weight is 441 g/mol. The summed E-state index contributed by atoms with van der Waals surface area (Å²) >= 11 is 1.43. The molecule has 0 aliphatic carbocycles. The van der Waals surface area contributed by atoms with Gasteiger partial charge < -0.3 is 0 Å². The lowest BCUT2D eigenvalue weighted by Crippen LogP contribution is -2.28. The first-order valence-electron chi connectivity index (χ1n) is 10.8. The van der Waals surface area contributed by atoms with E-state index >= 15 is 0 Å². The van der Waals surface area contributed by atoms with Crippen LogP contribution in [-0.2, 0) is 4.79 Å². The summed E-state index contributed by atoms with van der Waals surface area (Å²) in [5.41, 5.74) is 9.94. The molecule has 0 unspecified atom stereocenters. The number of carbonyl (C=O) groups excluding carboxylic acids is 1. The SMILES string of the molecule is Cc1ccc(C=C2SC(=Nc3ccc(C)c(C)c3)N(c3ccc(C)c(C)c3)C2=O)cc1C. The number of amidine groups is 1. The van der Waals surface area contributed by atoms with Crippen molar-refractivity contribution in [2.24, 2.45) is 4.99 Å². The molecule has 0 N–H and O–H groups in total. The largest absolute Gasteiger partial charge is 0.271 e. The van der Waals surface area contributed by atoms with E-state index in [9.17, 15) is 4.79 Å². The number of aliphatic imine (C=N–C) groups is 1. The molecule has 1 amide bonds. The number of benzene rings is 3. The van der Waals surface area contributed by atoms with Gasteiger partial charge in [-0.3, -0.25) is 9.69 Å². The van der Waals surface area contributed by atoms with Gasteiger partial charge in [0.05, 0.1) is 16.3 Å². The van der Waals surface area contributed by atoms with Crippen molar-refractivity contribution in [2.75, 3.05) is 4.90 Å². The molecule has 162 valence electrons. The lowest BCUT2D eigenvalue weighted by molar-refractivity contribution is -0.113. The fraction of sp³-hybridized carbons (Fsp3) is 0.214. The van der Waals surface area contributed by atoms with E-state index < -0.39 is 0 Å². The molecule has 1 fully saturated rings. The number of nitrogens with zero attached hydrogens (tertiary/aromatic N) is 2. The molecule has 1 aliphatic heterocycles. The van der Waals surface area contributed by atoms with Gasteiger partial charge in [-0.2, -0.15) is 0 Å². The molecule has 0 aromatic heterocycles. The minimum Gasteiger partial charge on any atom is -0.268 e. The molecule has 3 aromatic rings. The molecule has 1 heterocycles. The molecule has 3 aromatic carbocycles. The Morgan fingerprint density at radius 1 is 0.719 bits per heavy atom. The predicted molar refractivity (Wildman–Crippen MR) is 138 cm³/mol. The van der Waals surface area contributed by atoms with Crippen LogP contribution in [0, 0.1) is 41.5 Å². The van der Waals surface area contributed by atoms with Crippen molar-refractivity contribution in [3.8, 4) is 0 Å². The van der Waals surface area contributed by atoms with Crippen LogP contribution >= 0.6 is 11.8 Å². The molecular formula is C28H28N2OS. The highest BCUT2D eigenvalue weighted by atomic mass is 32.2. The van der Waals surface area contributed by atoms with Gasteiger partial charge in [-0.15, -0.1) is 0 Å². The molecule has 0 spiro atoms. The van der Waals surface area contributed by atoms with E-state index in [0.717, 1.165) is 22.5 Å². The van der Waals surface area contributed by atoms with Crippen molar-refractivity contribution in [2.45, 2.75) is 41.5 Å². The third kappa shape index (κ3) is 4.42. The van der Waals surface area contributed by atoms with E-state index in [1.165, 1.54) is 39.6 Å². The number of amides is 1. The lowest BCUT2D eigenvalue weighted by atomic mass is 10.1. The van der Waals surface area contributed by atoms with Crippen LogP contribution in [-0.4, -0.2) is 11.1 Å². The van der Waals surface area contributed by atoms with E-state index in [1.807, 2.05) is 18.2 Å². The normalized spacial score (nSPS) is 16.4. The zero-order valence-corrected chi connectivity index (χ0v) is 20.3. The molecule has 0 atom stereocenters. The zero-order chi connectivity index (χ0) is 23.0. The van der Waals surface area contributed by atoms with Crippen LogP contribution in [0.1, 0.15) is 38.9 Å². The number of hydrogen-bond acceptors (Lipinski definition) is 3. The van der Waals surface area contributed by atoms with Crippen molar-refractivity contribution < 1.29 is 4.79 Å². The van der Waals surface area contributed by atoms with Gasteiger partial charge >= 0.3 is 0 Å². The van der Waals surface area contributed by atoms with Gasteiger partial charge in [0.1, 0.15) is 0 Å². The number of carbonyl (C=O) groups is 1. The third-order valence-corrected chi connectivity index (χ3v) is 7.07. The zero-order valence-electron chi connectivity index (χ0n) is 19.5. The number of thioether (sulfide) groups is 1. The maximum Gasteiger partial charge on any atom is 0.271 e. The maximum absolute atomic E-state index is 13.5. The fourth-order valence-corrected chi connectivity index (χ4v) is 4.55. The fourth-order valence-electron chi connectivity index (χ4n) is 3.55. The number of anilines is 1. The Balaban J connectivity index is 1.81. The average Bonchev–Trinajstić information content (AvgIpc) is 3.04. The summed E-state index contributed by atoms with van der Waals surface area (Å²) in [6.45, 7) is 12.5. The standard InChI is InChI=1S/C28H28N2OS/c1-17-7-10-23(13-20(17)4)16-26-27(31)30(25-12-9-19(3)22(6)15-25)28(32-26)29-24-11-8-18(2)21(5)14-24/h7-16H,1-6H3. The van der Waals surface area contributed by atoms with Gasteiger partial charge in [-0.05, 0) is 123 Å². The van der Waals surface area contributed by atoms with Crippen LogP contribution < -0.4 is 4.90 Å². The summed E-state index contributed by atoms with van der Waals surface area (Å²) < 4.78 is 0. The van der Waals surface area contributed by atoms with Crippen molar-refractivity contribution >= 4 is 40.3 Å². The van der Waals surface area contributed by atoms with Crippen molar-refractivity contribution in [3.63, 3.8) is 0 Å². The van der Waals surface area contributed by atoms with E-state index in [1.54, 1.807) is 4.90 Å². The first kappa shape index (κ1) is 22.1. The Morgan fingerprint density at radius 3 is 1.94 bits per heavy atom. The van der Waals surface area contributed by atoms with E-state index in [-0.39, 0.29) is 5.91 Å². The summed E-state index contributed by atoms with van der Waals surface area (Å²) in [6, 6.07) is 18.5. The summed E-state index contributed by atoms with van der Waals surface area (Å²) in [5, 5.41) is 0.677. The second-order valence-electron chi connectivity index (χ2n) is 8.53. The van der Waals surface area contributed by atoms with E-state index in [2.05, 4.69) is 84.0 Å². The van der Waals surface area contributed by atoms with Crippen LogP contribution in [0.25, 0.3) is 6.08 Å². The first-order chi connectivity index (χ1) is 15.2. The predicted octanol–water partition coefficient (Wildman–Crippen LogP) is 7.35. The first-order valence-corrected chi connectivity index (χ1v) is 11.6. The second-order valence-corrected chi connectivity index (χ2v) is 9.54. The lowest BCUT2D eigenvalue weighted by Gasteiger charge is -2.17. The highest BCUT2D eigenvalue weighted by molar-refractivity contribution is 8.19. The summed E-state index contributed by atoms with van der Waals surface area (Å²) in [4.78, 5) is 20.8. The van der Waals surface area contributed by atoms with Gasteiger partial charge in [-0.25, -0.2) is 4.99 Å². The molecule has 4 rings (SSSR count). The Morgan fingerprint density at radius 2 is 1.31 bits per heavy atom. The van der Waals surface area contributed by atoms with Gasteiger partial charge in [-0.1, -0.05) is 30.3 Å². The smallest absolute Gasteiger partial charge is 0.268 e. The van der Waals surface area contributed by atoms with Crippen LogP contribution in [0.2, 0.25) is 0 Å². The van der Waals surface area contributed by atoms with Crippen LogP contribution in [0.3, 0.4) is 0 Å². The monoisotopic (exact) mass is 440 g/mol. The molecule has 1 saturated heterocycles. The van der Waals surface area contributed by atoms with E-state index in [0.29, 0.717) is 10.1 Å². The van der Waals surface area contributed by atoms with E-state index in [4.69, 9.17) is 4.99 Å². The number of rotatable bonds is 3. The molecule has 1 aliphatic rings. The van der Waals surface area contributed by atoms with Crippen LogP contribution in [0.15, 0.2) is 64.5 Å². The van der Waals surface area contributed by atoms with Gasteiger partial charge in [0, 0.05) is 0 Å².